The van der Waals surface area contributed by atoms with Gasteiger partial charge < -0.3 is 10.3 Å². The molecule has 90 valence electrons. The molecule has 2 aromatic heterocycles. The number of aromatic nitrogens is 3. The molecule has 0 atom stereocenters. The monoisotopic (exact) mass is 342 g/mol. The Kier molecular flexibility index (Phi) is 2.94. The Morgan fingerprint density at radius 3 is 2.76 bits per heavy atom. The normalized spacial score (nSPS) is 17.7. The number of fused-ring (bicyclic) bond motifs is 1. The van der Waals surface area contributed by atoms with Crippen molar-refractivity contribution in [1.82, 2.24) is 14.5 Å². The summed E-state index contributed by atoms with van der Waals surface area (Å²) in [6.45, 7) is 0. The summed E-state index contributed by atoms with van der Waals surface area (Å²) in [5.74, 6) is 0.592. The molecule has 0 aliphatic heterocycles. The molecule has 2 aromatic rings. The first kappa shape index (κ1) is 11.3. The van der Waals surface area contributed by atoms with Crippen LogP contribution < -0.4 is 5.73 Å². The van der Waals surface area contributed by atoms with Gasteiger partial charge in [0.1, 0.15) is 17.8 Å². The Bertz CT molecular complexity index is 543. The summed E-state index contributed by atoms with van der Waals surface area (Å²) in [6, 6.07) is 0.587. The Hall–Kier alpha value is -0.850. The third kappa shape index (κ3) is 1.90. The number of hydrogen-bond acceptors (Lipinski definition) is 3. The van der Waals surface area contributed by atoms with E-state index in [1.54, 1.807) is 6.33 Å². The lowest BCUT2D eigenvalue weighted by atomic mass is 9.95. The molecule has 2 N–H and O–H groups in total. The Balaban J connectivity index is 2.13. The van der Waals surface area contributed by atoms with Gasteiger partial charge in [-0.1, -0.05) is 19.3 Å². The van der Waals surface area contributed by atoms with Crippen LogP contribution in [0.2, 0.25) is 0 Å². The first-order valence-corrected chi connectivity index (χ1v) is 7.12. The van der Waals surface area contributed by atoms with Crippen LogP contribution in [0.1, 0.15) is 38.1 Å². The number of halogens is 1. The third-order valence-electron chi connectivity index (χ3n) is 3.56. The van der Waals surface area contributed by atoms with E-state index in [0.29, 0.717) is 11.9 Å². The topological polar surface area (TPSA) is 56.7 Å². The van der Waals surface area contributed by atoms with Crippen LogP contribution in [0.15, 0.2) is 12.5 Å². The van der Waals surface area contributed by atoms with Gasteiger partial charge in [-0.3, -0.25) is 0 Å². The number of nitrogens with zero attached hydrogens (tertiary/aromatic N) is 3. The van der Waals surface area contributed by atoms with E-state index in [4.69, 9.17) is 5.73 Å². The van der Waals surface area contributed by atoms with Gasteiger partial charge in [0, 0.05) is 15.8 Å². The van der Waals surface area contributed by atoms with Gasteiger partial charge in [-0.2, -0.15) is 0 Å². The number of hydrogen-bond donors (Lipinski definition) is 1. The van der Waals surface area contributed by atoms with Crippen molar-refractivity contribution in [3.63, 3.8) is 0 Å². The average molecular weight is 342 g/mol. The highest BCUT2D eigenvalue weighted by atomic mass is 127. The maximum atomic E-state index is 5.93. The van der Waals surface area contributed by atoms with E-state index in [-0.39, 0.29) is 0 Å². The van der Waals surface area contributed by atoms with Crippen molar-refractivity contribution >= 4 is 39.4 Å². The summed E-state index contributed by atoms with van der Waals surface area (Å²) in [5, 5.41) is 1.01. The van der Waals surface area contributed by atoms with E-state index in [9.17, 15) is 0 Å². The zero-order valence-electron chi connectivity index (χ0n) is 9.56. The molecule has 0 spiro atoms. The number of nitrogens with two attached hydrogens (primary N) is 1. The number of anilines is 1. The molecule has 5 heteroatoms. The van der Waals surface area contributed by atoms with Gasteiger partial charge >= 0.3 is 0 Å². The van der Waals surface area contributed by atoms with Crippen molar-refractivity contribution in [2.75, 3.05) is 5.73 Å². The first-order valence-electron chi connectivity index (χ1n) is 6.04. The van der Waals surface area contributed by atoms with E-state index in [2.05, 4.69) is 43.3 Å². The minimum absolute atomic E-state index is 0.587. The summed E-state index contributed by atoms with van der Waals surface area (Å²) in [7, 11) is 0. The summed E-state index contributed by atoms with van der Waals surface area (Å²) in [4.78, 5) is 8.48. The minimum Gasteiger partial charge on any atom is -0.383 e. The molecule has 1 saturated carbocycles. The molecule has 0 bridgehead atoms. The quantitative estimate of drug-likeness (QED) is 0.810. The second-order valence-corrected chi connectivity index (χ2v) is 5.80. The van der Waals surface area contributed by atoms with E-state index >= 15 is 0 Å². The number of rotatable bonds is 1. The molecule has 3 rings (SSSR count). The Morgan fingerprint density at radius 2 is 2.00 bits per heavy atom. The van der Waals surface area contributed by atoms with Crippen molar-refractivity contribution in [3.8, 4) is 0 Å². The van der Waals surface area contributed by atoms with E-state index < -0.39 is 0 Å². The zero-order chi connectivity index (χ0) is 11.8. The molecule has 17 heavy (non-hydrogen) atoms. The van der Waals surface area contributed by atoms with Crippen molar-refractivity contribution in [3.05, 3.63) is 16.1 Å². The minimum atomic E-state index is 0.587. The van der Waals surface area contributed by atoms with Crippen molar-refractivity contribution in [2.24, 2.45) is 0 Å². The highest BCUT2D eigenvalue weighted by molar-refractivity contribution is 14.1. The van der Waals surface area contributed by atoms with Crippen molar-refractivity contribution in [1.29, 1.82) is 0 Å². The van der Waals surface area contributed by atoms with Crippen LogP contribution in [0.5, 0.6) is 0 Å². The first-order chi connectivity index (χ1) is 8.27. The fourth-order valence-electron chi connectivity index (χ4n) is 2.70. The van der Waals surface area contributed by atoms with Crippen LogP contribution in [0, 0.1) is 3.57 Å². The van der Waals surface area contributed by atoms with Gasteiger partial charge in [0.2, 0.25) is 0 Å². The zero-order valence-corrected chi connectivity index (χ0v) is 11.7. The molecular weight excluding hydrogens is 327 g/mol. The summed E-state index contributed by atoms with van der Waals surface area (Å²) in [6.07, 6.45) is 10.2. The van der Waals surface area contributed by atoms with Crippen LogP contribution in [0.25, 0.3) is 11.0 Å². The molecule has 0 amide bonds. The second-order valence-electron chi connectivity index (χ2n) is 4.63. The number of nitrogen functional groups attached to an aromatic ring is 1. The lowest BCUT2D eigenvalue weighted by molar-refractivity contribution is 0.359. The molecule has 1 fully saturated rings. The van der Waals surface area contributed by atoms with Gasteiger partial charge in [-0.25, -0.2) is 9.97 Å². The third-order valence-corrected chi connectivity index (χ3v) is 4.38. The lowest BCUT2D eigenvalue weighted by Gasteiger charge is -2.23. The summed E-state index contributed by atoms with van der Waals surface area (Å²) >= 11 is 2.32. The smallest absolute Gasteiger partial charge is 0.146 e. The van der Waals surface area contributed by atoms with Gasteiger partial charge in [0.05, 0.1) is 5.39 Å². The summed E-state index contributed by atoms with van der Waals surface area (Å²) < 4.78 is 3.45. The van der Waals surface area contributed by atoms with Crippen LogP contribution in [0.3, 0.4) is 0 Å². The Morgan fingerprint density at radius 1 is 1.24 bits per heavy atom. The molecule has 2 heterocycles. The van der Waals surface area contributed by atoms with E-state index in [1.165, 1.54) is 32.1 Å². The van der Waals surface area contributed by atoms with Crippen molar-refractivity contribution in [2.45, 2.75) is 38.1 Å². The van der Waals surface area contributed by atoms with Crippen LogP contribution in [-0.4, -0.2) is 14.5 Å². The molecule has 0 aromatic carbocycles. The Labute approximate surface area is 114 Å². The maximum absolute atomic E-state index is 5.93. The van der Waals surface area contributed by atoms with Gasteiger partial charge in [0.25, 0.3) is 0 Å². The maximum Gasteiger partial charge on any atom is 0.146 e. The summed E-state index contributed by atoms with van der Waals surface area (Å²) in [5.41, 5.74) is 6.92. The van der Waals surface area contributed by atoms with Gasteiger partial charge in [0.15, 0.2) is 0 Å². The molecule has 0 radical (unpaired) electrons. The van der Waals surface area contributed by atoms with Gasteiger partial charge in [-0.15, -0.1) is 0 Å². The highest BCUT2D eigenvalue weighted by Crippen LogP contribution is 2.34. The van der Waals surface area contributed by atoms with Gasteiger partial charge in [-0.05, 0) is 35.4 Å². The molecule has 1 aliphatic carbocycles. The van der Waals surface area contributed by atoms with Crippen molar-refractivity contribution < 1.29 is 0 Å². The highest BCUT2D eigenvalue weighted by Gasteiger charge is 2.20. The largest absolute Gasteiger partial charge is 0.383 e. The molecule has 1 aliphatic rings. The van der Waals surface area contributed by atoms with Crippen LogP contribution in [-0.2, 0) is 0 Å². The predicted octanol–water partition coefficient (Wildman–Crippen LogP) is 3.12. The van der Waals surface area contributed by atoms with Crippen LogP contribution >= 0.6 is 22.6 Å². The molecular formula is C12H15IN4. The molecule has 4 nitrogen and oxygen atoms in total. The van der Waals surface area contributed by atoms with E-state index in [1.807, 2.05) is 0 Å². The SMILES string of the molecule is Nc1ncnc2c1c(I)cn2C1CCCCC1. The predicted molar refractivity (Wildman–Crippen MR) is 76.8 cm³/mol. The lowest BCUT2D eigenvalue weighted by Crippen LogP contribution is -2.12. The fraction of sp³-hybridized carbons (Fsp3) is 0.500. The van der Waals surface area contributed by atoms with E-state index in [0.717, 1.165) is 14.6 Å². The second kappa shape index (κ2) is 4.44. The fourth-order valence-corrected chi connectivity index (χ4v) is 3.52. The molecule has 0 unspecified atom stereocenters. The molecule has 0 saturated heterocycles. The van der Waals surface area contributed by atoms with Crippen LogP contribution in [0.4, 0.5) is 5.82 Å². The average Bonchev–Trinajstić information content (AvgIpc) is 2.69. The standard InChI is InChI=1S/C12H15IN4/c13-9-6-17(8-4-2-1-3-5-8)12-10(9)11(14)15-7-16-12/h6-8H,1-5H2,(H2,14,15,16).